The number of halogens is 1. The Balaban J connectivity index is 1.81. The number of hydrogen-bond donors (Lipinski definition) is 5. The summed E-state index contributed by atoms with van der Waals surface area (Å²) < 4.78 is 27.0. The maximum absolute atomic E-state index is 12.3. The van der Waals surface area contributed by atoms with Crippen molar-refractivity contribution >= 4 is 44.1 Å². The summed E-state index contributed by atoms with van der Waals surface area (Å²) in [4.78, 5) is 0.296. The minimum absolute atomic E-state index is 0.0273. The Hall–Kier alpha value is -1.72. The van der Waals surface area contributed by atoms with Crippen LogP contribution in [-0.2, 0) is 10.0 Å². The number of thioether (sulfide) groups is 1. The molecule has 140 valence electrons. The van der Waals surface area contributed by atoms with Crippen LogP contribution in [-0.4, -0.2) is 41.9 Å². The topological polar surface area (TPSA) is 119 Å². The van der Waals surface area contributed by atoms with E-state index in [4.69, 9.17) is 16.7 Å². The second kappa shape index (κ2) is 7.49. The minimum Gasteiger partial charge on any atom is -0.395 e. The van der Waals surface area contributed by atoms with Crippen LogP contribution in [0.4, 0.5) is 5.82 Å². The number of sulfonamides is 1. The molecular formula is C15H18ClN5O3S2. The van der Waals surface area contributed by atoms with Gasteiger partial charge in [-0.2, -0.15) is 5.10 Å². The van der Waals surface area contributed by atoms with Crippen LogP contribution < -0.4 is 15.4 Å². The van der Waals surface area contributed by atoms with Crippen molar-refractivity contribution in [3.8, 4) is 0 Å². The fourth-order valence-corrected chi connectivity index (χ4v) is 5.00. The Kier molecular flexibility index (Phi) is 5.49. The Morgan fingerprint density at radius 2 is 2.19 bits per heavy atom. The number of aromatic amines is 1. The molecule has 1 aliphatic rings. The van der Waals surface area contributed by atoms with Crippen molar-refractivity contribution in [1.29, 1.82) is 0 Å². The Morgan fingerprint density at radius 3 is 2.88 bits per heavy atom. The molecule has 1 aromatic heterocycles. The lowest BCUT2D eigenvalue weighted by atomic mass is 10.2. The van der Waals surface area contributed by atoms with Crippen LogP contribution in [0.5, 0.6) is 0 Å². The van der Waals surface area contributed by atoms with Gasteiger partial charge in [0, 0.05) is 23.8 Å². The zero-order valence-electron chi connectivity index (χ0n) is 13.8. The van der Waals surface area contributed by atoms with Crippen molar-refractivity contribution < 1.29 is 13.5 Å². The third-order valence-electron chi connectivity index (χ3n) is 3.57. The first-order valence-electron chi connectivity index (χ1n) is 7.68. The van der Waals surface area contributed by atoms with Crippen molar-refractivity contribution in [2.45, 2.75) is 16.8 Å². The van der Waals surface area contributed by atoms with E-state index in [1.165, 1.54) is 17.8 Å². The largest absolute Gasteiger partial charge is 0.395 e. The van der Waals surface area contributed by atoms with Gasteiger partial charge in [-0.3, -0.25) is 5.10 Å². The van der Waals surface area contributed by atoms with Gasteiger partial charge in [0.25, 0.3) is 0 Å². The molecule has 5 N–H and O–H groups in total. The molecule has 1 unspecified atom stereocenters. The van der Waals surface area contributed by atoms with E-state index in [-0.39, 0.29) is 23.1 Å². The summed E-state index contributed by atoms with van der Waals surface area (Å²) >= 11 is 7.56. The summed E-state index contributed by atoms with van der Waals surface area (Å²) in [6.45, 7) is 1.58. The number of aliphatic hydroxyl groups is 1. The lowest BCUT2D eigenvalue weighted by Crippen LogP contribution is -2.40. The highest BCUT2D eigenvalue weighted by molar-refractivity contribution is 8.09. The second-order valence-corrected chi connectivity index (χ2v) is 9.24. The van der Waals surface area contributed by atoms with E-state index in [1.54, 1.807) is 18.3 Å². The Morgan fingerprint density at radius 1 is 1.38 bits per heavy atom. The zero-order chi connectivity index (χ0) is 18.8. The molecule has 0 aliphatic carbocycles. The normalized spacial score (nSPS) is 19.9. The monoisotopic (exact) mass is 415 g/mol. The summed E-state index contributed by atoms with van der Waals surface area (Å²) in [7, 11) is -3.80. The number of rotatable bonds is 7. The molecule has 26 heavy (non-hydrogen) atoms. The van der Waals surface area contributed by atoms with E-state index >= 15 is 0 Å². The number of benzene rings is 1. The highest BCUT2D eigenvalue weighted by atomic mass is 35.5. The van der Waals surface area contributed by atoms with Crippen LogP contribution in [0, 0.1) is 0 Å². The van der Waals surface area contributed by atoms with E-state index in [0.717, 1.165) is 4.91 Å². The van der Waals surface area contributed by atoms with Gasteiger partial charge < -0.3 is 15.7 Å². The van der Waals surface area contributed by atoms with Crippen molar-refractivity contribution in [1.82, 2.24) is 20.2 Å². The number of hydrogen-bond acceptors (Lipinski definition) is 7. The van der Waals surface area contributed by atoms with E-state index in [0.29, 0.717) is 11.4 Å². The van der Waals surface area contributed by atoms with Crippen molar-refractivity contribution in [2.24, 2.45) is 0 Å². The highest BCUT2D eigenvalue weighted by Gasteiger charge is 2.32. The fraction of sp³-hybridized carbons (Fsp3) is 0.267. The van der Waals surface area contributed by atoms with Gasteiger partial charge in [-0.25, -0.2) is 13.1 Å². The van der Waals surface area contributed by atoms with Crippen molar-refractivity contribution in [2.75, 3.05) is 18.5 Å². The number of aromatic nitrogens is 2. The zero-order valence-corrected chi connectivity index (χ0v) is 16.2. The van der Waals surface area contributed by atoms with Gasteiger partial charge in [0.2, 0.25) is 10.0 Å². The van der Waals surface area contributed by atoms with Gasteiger partial charge in [0.15, 0.2) is 4.99 Å². The van der Waals surface area contributed by atoms with Gasteiger partial charge in [0.1, 0.15) is 10.7 Å². The van der Waals surface area contributed by atoms with Gasteiger partial charge in [-0.1, -0.05) is 29.4 Å². The second-order valence-electron chi connectivity index (χ2n) is 5.64. The first kappa shape index (κ1) is 19.1. The molecule has 8 nitrogen and oxygen atoms in total. The van der Waals surface area contributed by atoms with Crippen LogP contribution in [0.1, 0.15) is 12.5 Å². The number of nitrogens with zero attached hydrogens (tertiary/aromatic N) is 1. The standard InChI is InChI=1S/C15H18ClN5O3S2/c1-15(20-14-4-5-18-21-14)17-9-12(25-15)10-2-3-11(16)13(8-10)26(23,24)19-6-7-22/h2-5,8-9,17,19,22H,6-7H2,1H3,(H2,18,20,21). The van der Waals surface area contributed by atoms with Crippen LogP contribution in [0.2, 0.25) is 5.02 Å². The average molecular weight is 416 g/mol. The quantitative estimate of drug-likeness (QED) is 0.467. The minimum atomic E-state index is -3.80. The first-order valence-corrected chi connectivity index (χ1v) is 10.4. The van der Waals surface area contributed by atoms with Crippen molar-refractivity contribution in [3.63, 3.8) is 0 Å². The van der Waals surface area contributed by atoms with Crippen LogP contribution in [0.3, 0.4) is 0 Å². The lowest BCUT2D eigenvalue weighted by molar-refractivity contribution is 0.301. The lowest BCUT2D eigenvalue weighted by Gasteiger charge is -2.25. The fourth-order valence-electron chi connectivity index (χ4n) is 2.38. The van der Waals surface area contributed by atoms with Crippen LogP contribution in [0.25, 0.3) is 4.91 Å². The Labute approximate surface area is 160 Å². The maximum Gasteiger partial charge on any atom is 0.242 e. The predicted molar refractivity (Wildman–Crippen MR) is 103 cm³/mol. The van der Waals surface area contributed by atoms with Gasteiger partial charge in [0.05, 0.1) is 11.6 Å². The molecule has 0 fully saturated rings. The van der Waals surface area contributed by atoms with Gasteiger partial charge in [-0.15, -0.1) is 0 Å². The summed E-state index contributed by atoms with van der Waals surface area (Å²) in [5, 5.41) is 22.3. The van der Waals surface area contributed by atoms with E-state index < -0.39 is 15.0 Å². The molecule has 1 aliphatic heterocycles. The third-order valence-corrected chi connectivity index (χ3v) is 6.71. The number of anilines is 1. The first-order chi connectivity index (χ1) is 12.3. The predicted octanol–water partition coefficient (Wildman–Crippen LogP) is 1.75. The smallest absolute Gasteiger partial charge is 0.242 e. The summed E-state index contributed by atoms with van der Waals surface area (Å²) in [5.74, 6) is 0.690. The molecule has 0 spiro atoms. The molecule has 0 amide bonds. The molecule has 11 heteroatoms. The van der Waals surface area contributed by atoms with Gasteiger partial charge >= 0.3 is 0 Å². The van der Waals surface area contributed by atoms with Gasteiger partial charge in [-0.05, 0) is 30.7 Å². The number of nitrogens with one attached hydrogen (secondary N) is 4. The molecule has 2 aromatic rings. The average Bonchev–Trinajstić information content (AvgIpc) is 3.23. The molecule has 0 saturated carbocycles. The van der Waals surface area contributed by atoms with E-state index in [2.05, 4.69) is 25.6 Å². The molecular weight excluding hydrogens is 398 g/mol. The molecule has 1 aromatic carbocycles. The highest BCUT2D eigenvalue weighted by Crippen LogP contribution is 2.42. The summed E-state index contributed by atoms with van der Waals surface area (Å²) in [6, 6.07) is 6.63. The maximum atomic E-state index is 12.3. The number of H-pyrrole nitrogens is 1. The van der Waals surface area contributed by atoms with Crippen LogP contribution in [0.15, 0.2) is 41.6 Å². The molecule has 2 heterocycles. The summed E-state index contributed by atoms with van der Waals surface area (Å²) in [5.41, 5.74) is 0.712. The van der Waals surface area contributed by atoms with E-state index in [9.17, 15) is 8.42 Å². The third kappa shape index (κ3) is 4.15. The SMILES string of the molecule is CC1(Nc2cc[nH]n2)NC=C(c2ccc(Cl)c(S(=O)(=O)NCCO)c2)S1. The Bertz CT molecular complexity index is 917. The molecule has 0 bridgehead atoms. The molecule has 1 atom stereocenters. The summed E-state index contributed by atoms with van der Waals surface area (Å²) in [6.07, 6.45) is 3.53. The van der Waals surface area contributed by atoms with Crippen LogP contribution >= 0.6 is 23.4 Å². The molecule has 0 saturated heterocycles. The molecule has 0 radical (unpaired) electrons. The van der Waals surface area contributed by atoms with E-state index in [1.807, 2.05) is 19.2 Å². The van der Waals surface area contributed by atoms with Crippen molar-refractivity contribution in [3.05, 3.63) is 47.2 Å². The number of aliphatic hydroxyl groups excluding tert-OH is 1. The molecule has 3 rings (SSSR count).